The lowest BCUT2D eigenvalue weighted by atomic mass is 10.1. The summed E-state index contributed by atoms with van der Waals surface area (Å²) in [5, 5.41) is -0.195. The van der Waals surface area contributed by atoms with Gasteiger partial charge in [-0.25, -0.2) is 0 Å². The maximum atomic E-state index is 12.2. The van der Waals surface area contributed by atoms with E-state index in [0.717, 1.165) is 10.0 Å². The van der Waals surface area contributed by atoms with Crippen LogP contribution in [-0.4, -0.2) is 43.5 Å². The third-order valence-corrected chi connectivity index (χ3v) is 3.34. The molecule has 0 spiro atoms. The number of nitrogens with zero attached hydrogens (tertiary/aromatic N) is 1. The smallest absolute Gasteiger partial charge is 0.253 e. The minimum absolute atomic E-state index is 0.0262. The van der Waals surface area contributed by atoms with Crippen LogP contribution in [-0.2, 0) is 4.74 Å². The van der Waals surface area contributed by atoms with Crippen molar-refractivity contribution in [2.75, 3.05) is 27.3 Å². The topological polar surface area (TPSA) is 29.5 Å². The molecule has 100 valence electrons. The van der Waals surface area contributed by atoms with Gasteiger partial charge in [0.15, 0.2) is 0 Å². The zero-order valence-electron chi connectivity index (χ0n) is 10.7. The van der Waals surface area contributed by atoms with E-state index in [1.165, 1.54) is 0 Å². The normalized spacial score (nSPS) is 12.3. The van der Waals surface area contributed by atoms with Gasteiger partial charge in [0, 0.05) is 30.7 Å². The van der Waals surface area contributed by atoms with Gasteiger partial charge < -0.3 is 9.64 Å². The summed E-state index contributed by atoms with van der Waals surface area (Å²) in [4.78, 5) is 13.8. The molecule has 0 aromatic heterocycles. The number of amides is 1. The lowest BCUT2D eigenvalue weighted by Gasteiger charge is -2.21. The molecule has 0 radical (unpaired) electrons. The molecule has 1 rings (SSSR count). The Bertz CT molecular complexity index is 425. The fraction of sp³-hybridized carbons (Fsp3) is 0.462. The molecule has 1 amide bonds. The maximum absolute atomic E-state index is 12.2. The van der Waals surface area contributed by atoms with Crippen LogP contribution in [0.25, 0.3) is 0 Å². The zero-order valence-corrected chi connectivity index (χ0v) is 13.1. The lowest BCUT2D eigenvalue weighted by Crippen LogP contribution is -2.34. The van der Waals surface area contributed by atoms with Crippen molar-refractivity contribution in [1.29, 1.82) is 0 Å². The average molecular weight is 335 g/mol. The van der Waals surface area contributed by atoms with Crippen molar-refractivity contribution in [3.8, 4) is 0 Å². The summed E-state index contributed by atoms with van der Waals surface area (Å²) in [5.41, 5.74) is 1.64. The van der Waals surface area contributed by atoms with Crippen LogP contribution >= 0.6 is 27.5 Å². The first-order valence-corrected chi connectivity index (χ1v) is 6.83. The molecular weight excluding hydrogens is 318 g/mol. The standard InChI is InChI=1S/C13H17BrClNO2/c1-9-6-10(14)4-5-12(9)13(17)16(2)7-11(15)8-18-3/h4-6,11H,7-8H2,1-3H3. The molecule has 0 aliphatic carbocycles. The fourth-order valence-electron chi connectivity index (χ4n) is 1.69. The van der Waals surface area contributed by atoms with Crippen LogP contribution in [0.15, 0.2) is 22.7 Å². The Morgan fingerprint density at radius 2 is 2.22 bits per heavy atom. The van der Waals surface area contributed by atoms with E-state index in [9.17, 15) is 4.79 Å². The van der Waals surface area contributed by atoms with Gasteiger partial charge in [-0.15, -0.1) is 11.6 Å². The van der Waals surface area contributed by atoms with Crippen molar-refractivity contribution >= 4 is 33.4 Å². The Balaban J connectivity index is 2.74. The number of methoxy groups -OCH3 is 1. The van der Waals surface area contributed by atoms with E-state index in [1.807, 2.05) is 25.1 Å². The van der Waals surface area contributed by atoms with Gasteiger partial charge in [0.1, 0.15) is 0 Å². The van der Waals surface area contributed by atoms with E-state index >= 15 is 0 Å². The second kappa shape index (κ2) is 7.12. The van der Waals surface area contributed by atoms with Crippen LogP contribution in [0.2, 0.25) is 0 Å². The molecule has 1 unspecified atom stereocenters. The first kappa shape index (κ1) is 15.5. The van der Waals surface area contributed by atoms with Gasteiger partial charge >= 0.3 is 0 Å². The molecule has 0 bridgehead atoms. The van der Waals surface area contributed by atoms with E-state index in [-0.39, 0.29) is 11.3 Å². The predicted molar refractivity (Wildman–Crippen MR) is 77.4 cm³/mol. The molecule has 1 aromatic carbocycles. The summed E-state index contributed by atoms with van der Waals surface area (Å²) in [6, 6.07) is 5.60. The number of carbonyl (C=O) groups excluding carboxylic acids is 1. The summed E-state index contributed by atoms with van der Waals surface area (Å²) in [5.74, 6) is -0.0262. The lowest BCUT2D eigenvalue weighted by molar-refractivity contribution is 0.0781. The average Bonchev–Trinajstić information content (AvgIpc) is 2.28. The molecule has 1 aromatic rings. The van der Waals surface area contributed by atoms with E-state index in [0.29, 0.717) is 18.7 Å². The highest BCUT2D eigenvalue weighted by atomic mass is 79.9. The molecule has 18 heavy (non-hydrogen) atoms. The molecule has 0 aliphatic heterocycles. The Labute approximate surface area is 121 Å². The molecule has 5 heteroatoms. The van der Waals surface area contributed by atoms with Crippen molar-refractivity contribution in [3.05, 3.63) is 33.8 Å². The van der Waals surface area contributed by atoms with E-state index in [4.69, 9.17) is 16.3 Å². The van der Waals surface area contributed by atoms with E-state index in [1.54, 1.807) is 19.1 Å². The molecule has 3 nitrogen and oxygen atoms in total. The van der Waals surface area contributed by atoms with Crippen LogP contribution in [0.5, 0.6) is 0 Å². The number of alkyl halides is 1. The Morgan fingerprint density at radius 3 is 2.78 bits per heavy atom. The number of hydrogen-bond donors (Lipinski definition) is 0. The van der Waals surface area contributed by atoms with E-state index in [2.05, 4.69) is 15.9 Å². The quantitative estimate of drug-likeness (QED) is 0.775. The third kappa shape index (κ3) is 4.26. The van der Waals surface area contributed by atoms with Crippen molar-refractivity contribution < 1.29 is 9.53 Å². The van der Waals surface area contributed by atoms with Crippen molar-refractivity contribution in [3.63, 3.8) is 0 Å². The van der Waals surface area contributed by atoms with Gasteiger partial charge in [0.2, 0.25) is 0 Å². The van der Waals surface area contributed by atoms with Crippen molar-refractivity contribution in [1.82, 2.24) is 4.90 Å². The van der Waals surface area contributed by atoms with Crippen LogP contribution in [0, 0.1) is 6.92 Å². The summed E-state index contributed by atoms with van der Waals surface area (Å²) in [6.07, 6.45) is 0. The number of benzene rings is 1. The zero-order chi connectivity index (χ0) is 13.7. The summed E-state index contributed by atoms with van der Waals surface area (Å²) >= 11 is 9.43. The van der Waals surface area contributed by atoms with Gasteiger partial charge in [-0.1, -0.05) is 15.9 Å². The van der Waals surface area contributed by atoms with Crippen LogP contribution in [0.3, 0.4) is 0 Å². The molecule has 0 saturated heterocycles. The van der Waals surface area contributed by atoms with Gasteiger partial charge in [-0.05, 0) is 30.7 Å². The van der Waals surface area contributed by atoms with Crippen LogP contribution < -0.4 is 0 Å². The minimum atomic E-state index is -0.195. The summed E-state index contributed by atoms with van der Waals surface area (Å²) in [6.45, 7) is 2.81. The number of carbonyl (C=O) groups is 1. The highest BCUT2D eigenvalue weighted by Gasteiger charge is 2.17. The molecule has 0 saturated carbocycles. The highest BCUT2D eigenvalue weighted by Crippen LogP contribution is 2.17. The third-order valence-electron chi connectivity index (χ3n) is 2.59. The maximum Gasteiger partial charge on any atom is 0.253 e. The Kier molecular flexibility index (Phi) is 6.12. The molecule has 0 N–H and O–H groups in total. The van der Waals surface area contributed by atoms with Crippen molar-refractivity contribution in [2.24, 2.45) is 0 Å². The van der Waals surface area contributed by atoms with Gasteiger partial charge in [0.05, 0.1) is 12.0 Å². The van der Waals surface area contributed by atoms with Crippen LogP contribution in [0.1, 0.15) is 15.9 Å². The van der Waals surface area contributed by atoms with Gasteiger partial charge in [-0.3, -0.25) is 4.79 Å². The Morgan fingerprint density at radius 1 is 1.56 bits per heavy atom. The summed E-state index contributed by atoms with van der Waals surface area (Å²) < 4.78 is 5.92. The van der Waals surface area contributed by atoms with Crippen molar-refractivity contribution in [2.45, 2.75) is 12.3 Å². The van der Waals surface area contributed by atoms with Gasteiger partial charge in [-0.2, -0.15) is 0 Å². The number of rotatable bonds is 5. The first-order valence-electron chi connectivity index (χ1n) is 5.60. The predicted octanol–water partition coefficient (Wildman–Crippen LogP) is 3.08. The van der Waals surface area contributed by atoms with E-state index < -0.39 is 0 Å². The number of halogens is 2. The minimum Gasteiger partial charge on any atom is -0.383 e. The number of hydrogen-bond acceptors (Lipinski definition) is 2. The largest absolute Gasteiger partial charge is 0.383 e. The molecule has 1 atom stereocenters. The number of aryl methyl sites for hydroxylation is 1. The monoisotopic (exact) mass is 333 g/mol. The van der Waals surface area contributed by atoms with Crippen LogP contribution in [0.4, 0.5) is 0 Å². The first-order chi connectivity index (χ1) is 8.45. The SMILES string of the molecule is COCC(Cl)CN(C)C(=O)c1ccc(Br)cc1C. The molecular formula is C13H17BrClNO2. The fourth-order valence-corrected chi connectivity index (χ4v) is 2.49. The molecule has 0 aliphatic rings. The second-order valence-electron chi connectivity index (χ2n) is 4.20. The van der Waals surface area contributed by atoms with Gasteiger partial charge in [0.25, 0.3) is 5.91 Å². The molecule has 0 heterocycles. The summed E-state index contributed by atoms with van der Waals surface area (Å²) in [7, 11) is 3.34. The second-order valence-corrected chi connectivity index (χ2v) is 5.73. The number of ether oxygens (including phenoxy) is 1. The molecule has 0 fully saturated rings. The highest BCUT2D eigenvalue weighted by molar-refractivity contribution is 9.10. The Hall–Kier alpha value is -0.580.